The van der Waals surface area contributed by atoms with Crippen molar-refractivity contribution in [2.75, 3.05) is 44.2 Å². The summed E-state index contributed by atoms with van der Waals surface area (Å²) in [4.78, 5) is 21.1. The van der Waals surface area contributed by atoms with Crippen LogP contribution in [-0.4, -0.2) is 66.3 Å². The summed E-state index contributed by atoms with van der Waals surface area (Å²) in [5, 5.41) is 11.6. The van der Waals surface area contributed by atoms with Gasteiger partial charge in [-0.3, -0.25) is 9.69 Å². The first-order valence-corrected chi connectivity index (χ1v) is 12.9. The summed E-state index contributed by atoms with van der Waals surface area (Å²) in [7, 11) is 0. The molecule has 1 atom stereocenters. The van der Waals surface area contributed by atoms with Gasteiger partial charge in [0.15, 0.2) is 0 Å². The largest absolute Gasteiger partial charge is 0.491 e. The van der Waals surface area contributed by atoms with Crippen LogP contribution in [0.1, 0.15) is 15.4 Å². The highest BCUT2D eigenvalue weighted by atomic mass is 32.1. The van der Waals surface area contributed by atoms with Crippen LogP contribution in [0.2, 0.25) is 0 Å². The number of carbonyl (C=O) groups excluding carboxylic acids is 1. The zero-order valence-corrected chi connectivity index (χ0v) is 21.1. The minimum absolute atomic E-state index is 0.240. The molecule has 4 aromatic rings. The van der Waals surface area contributed by atoms with Crippen molar-refractivity contribution in [3.63, 3.8) is 0 Å². The van der Waals surface area contributed by atoms with E-state index in [9.17, 15) is 9.90 Å². The fraction of sp³-hybridized carbons (Fsp3) is 0.286. The number of nitrogens with zero attached hydrogens (tertiary/aromatic N) is 3. The number of aryl methyl sites for hydroxylation is 1. The number of anilines is 1. The predicted octanol–water partition coefficient (Wildman–Crippen LogP) is 3.93. The van der Waals surface area contributed by atoms with E-state index in [0.29, 0.717) is 12.1 Å². The topological polar surface area (TPSA) is 91.9 Å². The molecule has 1 aromatic heterocycles. The number of benzene rings is 3. The lowest BCUT2D eigenvalue weighted by Gasteiger charge is -2.37. The minimum Gasteiger partial charge on any atom is -0.491 e. The number of thiazole rings is 1. The molecule has 36 heavy (non-hydrogen) atoms. The molecule has 0 bridgehead atoms. The number of aromatic nitrogens is 1. The van der Waals surface area contributed by atoms with Crippen LogP contribution in [0.4, 0.5) is 5.69 Å². The van der Waals surface area contributed by atoms with E-state index in [1.54, 1.807) is 11.3 Å². The van der Waals surface area contributed by atoms with Gasteiger partial charge >= 0.3 is 0 Å². The maximum absolute atomic E-state index is 12.0. The van der Waals surface area contributed by atoms with Gasteiger partial charge in [-0.05, 0) is 48.4 Å². The first-order chi connectivity index (χ1) is 17.5. The summed E-state index contributed by atoms with van der Waals surface area (Å²) in [5.74, 6) is 0.299. The van der Waals surface area contributed by atoms with Gasteiger partial charge in [-0.1, -0.05) is 30.3 Å². The van der Waals surface area contributed by atoms with Gasteiger partial charge < -0.3 is 20.5 Å². The molecule has 1 amide bonds. The molecule has 186 valence electrons. The third-order valence-corrected chi connectivity index (χ3v) is 7.42. The van der Waals surface area contributed by atoms with Crippen LogP contribution in [0, 0.1) is 6.92 Å². The van der Waals surface area contributed by atoms with E-state index in [4.69, 9.17) is 10.5 Å². The molecule has 8 heteroatoms. The lowest BCUT2D eigenvalue weighted by atomic mass is 9.98. The number of nitrogens with two attached hydrogens (primary N) is 1. The van der Waals surface area contributed by atoms with Crippen LogP contribution < -0.4 is 15.4 Å². The van der Waals surface area contributed by atoms with Gasteiger partial charge in [-0.25, -0.2) is 4.98 Å². The second-order valence-electron chi connectivity index (χ2n) is 9.08. The van der Waals surface area contributed by atoms with Crippen LogP contribution in [0.5, 0.6) is 5.75 Å². The molecule has 1 fully saturated rings. The summed E-state index contributed by atoms with van der Waals surface area (Å²) in [5.41, 5.74) is 9.98. The Kier molecular flexibility index (Phi) is 7.18. The molecule has 0 radical (unpaired) electrons. The zero-order valence-electron chi connectivity index (χ0n) is 20.3. The van der Waals surface area contributed by atoms with Crippen molar-refractivity contribution in [1.82, 2.24) is 9.88 Å². The van der Waals surface area contributed by atoms with E-state index < -0.39 is 12.0 Å². The number of carbonyl (C=O) groups is 1. The molecule has 1 saturated heterocycles. The second kappa shape index (κ2) is 10.7. The van der Waals surface area contributed by atoms with Gasteiger partial charge in [0.25, 0.3) is 0 Å². The van der Waals surface area contributed by atoms with E-state index in [-0.39, 0.29) is 6.61 Å². The Morgan fingerprint density at radius 3 is 2.61 bits per heavy atom. The molecule has 1 aliphatic heterocycles. The number of aliphatic hydroxyl groups excluding tert-OH is 1. The maximum Gasteiger partial charge on any atom is 0.249 e. The summed E-state index contributed by atoms with van der Waals surface area (Å²) >= 11 is 1.66. The monoisotopic (exact) mass is 502 g/mol. The van der Waals surface area contributed by atoms with E-state index >= 15 is 0 Å². The number of fused-ring (bicyclic) bond motifs is 1. The minimum atomic E-state index is -0.580. The summed E-state index contributed by atoms with van der Waals surface area (Å²) < 4.78 is 6.98. The highest BCUT2D eigenvalue weighted by Gasteiger charge is 2.21. The van der Waals surface area contributed by atoms with E-state index in [1.807, 2.05) is 67.6 Å². The molecule has 2 heterocycles. The van der Waals surface area contributed by atoms with Crippen LogP contribution in [0.15, 0.2) is 66.7 Å². The Morgan fingerprint density at radius 1 is 1.08 bits per heavy atom. The Hall–Kier alpha value is -3.46. The average molecular weight is 503 g/mol. The molecule has 0 unspecified atom stereocenters. The van der Waals surface area contributed by atoms with Gasteiger partial charge in [0.05, 0.1) is 15.2 Å². The molecular weight excluding hydrogens is 472 g/mol. The summed E-state index contributed by atoms with van der Waals surface area (Å²) in [6, 6.07) is 21.5. The fourth-order valence-electron chi connectivity index (χ4n) is 4.64. The molecule has 0 spiro atoms. The Labute approximate surface area is 214 Å². The molecule has 0 saturated carbocycles. The molecule has 3 N–H and O–H groups in total. The highest BCUT2D eigenvalue weighted by Crippen LogP contribution is 2.29. The van der Waals surface area contributed by atoms with Crippen molar-refractivity contribution >= 4 is 33.1 Å². The maximum atomic E-state index is 12.0. The lowest BCUT2D eigenvalue weighted by Crippen LogP contribution is -2.49. The Bertz CT molecular complexity index is 1350. The molecule has 1 aliphatic rings. The molecule has 7 nitrogen and oxygen atoms in total. The van der Waals surface area contributed by atoms with E-state index in [0.717, 1.165) is 64.0 Å². The number of aliphatic hydroxyl groups is 1. The second-order valence-corrected chi connectivity index (χ2v) is 10.3. The predicted molar refractivity (Wildman–Crippen MR) is 145 cm³/mol. The number of rotatable bonds is 8. The first-order valence-electron chi connectivity index (χ1n) is 12.1. The van der Waals surface area contributed by atoms with Gasteiger partial charge in [-0.2, -0.15) is 0 Å². The molecule has 0 aliphatic carbocycles. The van der Waals surface area contributed by atoms with Crippen LogP contribution in [-0.2, 0) is 0 Å². The van der Waals surface area contributed by atoms with Crippen LogP contribution in [0.3, 0.4) is 0 Å². The zero-order chi connectivity index (χ0) is 25.1. The molecule has 3 aromatic carbocycles. The van der Waals surface area contributed by atoms with Gasteiger partial charge in [0, 0.05) is 50.0 Å². The number of β-amino-alcohol motifs (C(OH)–C–C–N with tert-alkyl or cyclic N) is 1. The van der Waals surface area contributed by atoms with Crippen molar-refractivity contribution in [3.05, 3.63) is 77.3 Å². The smallest absolute Gasteiger partial charge is 0.249 e. The van der Waals surface area contributed by atoms with Crippen molar-refractivity contribution in [2.45, 2.75) is 13.0 Å². The number of amides is 1. The quantitative estimate of drug-likeness (QED) is 0.379. The number of piperazine rings is 1. The average Bonchev–Trinajstić information content (AvgIpc) is 3.27. The standard InChI is InChI=1S/C28H30N4O3S/c1-19-30-26-16-23(8-10-27(26)36-19)35-18-22(33)17-31-11-13-32(14-12-31)21-7-9-24(28(29)34)25(15-21)20-5-3-2-4-6-20/h2-10,15-16,22,33H,11-14,17-18H2,1H3,(H2,29,34)/t22-/m1/s1. The van der Waals surface area contributed by atoms with Gasteiger partial charge in [0.1, 0.15) is 18.5 Å². The SMILES string of the molecule is Cc1nc2cc(OC[C@H](O)CN3CCN(c4ccc(C(N)=O)c(-c5ccccc5)c4)CC3)ccc2s1. The van der Waals surface area contributed by atoms with Gasteiger partial charge in [-0.15, -0.1) is 11.3 Å². The van der Waals surface area contributed by atoms with Crippen molar-refractivity contribution in [1.29, 1.82) is 0 Å². The van der Waals surface area contributed by atoms with Gasteiger partial charge in [0.2, 0.25) is 5.91 Å². The first kappa shape index (κ1) is 24.2. The highest BCUT2D eigenvalue weighted by molar-refractivity contribution is 7.18. The van der Waals surface area contributed by atoms with Crippen molar-refractivity contribution in [3.8, 4) is 16.9 Å². The van der Waals surface area contributed by atoms with Crippen molar-refractivity contribution in [2.24, 2.45) is 5.73 Å². The van der Waals surface area contributed by atoms with Crippen LogP contribution in [0.25, 0.3) is 21.3 Å². The Balaban J connectivity index is 1.16. The Morgan fingerprint density at radius 2 is 1.86 bits per heavy atom. The third-order valence-electron chi connectivity index (χ3n) is 6.47. The molecular formula is C28H30N4O3S. The molecule has 5 rings (SSSR count). The summed E-state index contributed by atoms with van der Waals surface area (Å²) in [6.07, 6.45) is -0.580. The summed E-state index contributed by atoms with van der Waals surface area (Å²) in [6.45, 7) is 6.12. The number of hydrogen-bond acceptors (Lipinski definition) is 7. The number of primary amides is 1. The number of hydrogen-bond donors (Lipinski definition) is 2. The van der Waals surface area contributed by atoms with E-state index in [1.165, 1.54) is 0 Å². The normalized spacial score (nSPS) is 15.2. The van der Waals surface area contributed by atoms with E-state index in [2.05, 4.69) is 20.9 Å². The lowest BCUT2D eigenvalue weighted by molar-refractivity contribution is 0.0663. The fourth-order valence-corrected chi connectivity index (χ4v) is 5.45. The van der Waals surface area contributed by atoms with Crippen molar-refractivity contribution < 1.29 is 14.6 Å². The number of ether oxygens (including phenoxy) is 1. The third kappa shape index (κ3) is 5.51. The van der Waals surface area contributed by atoms with Crippen LogP contribution >= 0.6 is 11.3 Å².